The molecule has 0 N–H and O–H groups in total. The second-order valence-corrected chi connectivity index (χ2v) is 5.06. The third kappa shape index (κ3) is 1.71. The molecule has 3 aromatic rings. The second-order valence-electron chi connectivity index (χ2n) is 5.06. The van der Waals surface area contributed by atoms with Crippen molar-refractivity contribution in [1.82, 2.24) is 15.1 Å². The Kier molecular flexibility index (Phi) is 2.18. The van der Waals surface area contributed by atoms with E-state index in [0.717, 1.165) is 22.3 Å². The summed E-state index contributed by atoms with van der Waals surface area (Å²) in [5.41, 5.74) is 3.04. The summed E-state index contributed by atoms with van der Waals surface area (Å²) >= 11 is 0. The lowest BCUT2D eigenvalue weighted by Crippen LogP contribution is -1.88. The molecular weight excluding hydrogens is 238 g/mol. The Morgan fingerprint density at radius 3 is 2.95 bits per heavy atom. The lowest BCUT2D eigenvalue weighted by Gasteiger charge is -2.04. The Bertz CT molecular complexity index is 759. The first-order valence-electron chi connectivity index (χ1n) is 6.51. The van der Waals surface area contributed by atoms with Gasteiger partial charge in [-0.2, -0.15) is 4.98 Å². The average Bonchev–Trinajstić information content (AvgIpc) is 3.18. The van der Waals surface area contributed by atoms with Gasteiger partial charge in [0.25, 0.3) is 5.89 Å². The van der Waals surface area contributed by atoms with E-state index >= 15 is 0 Å². The summed E-state index contributed by atoms with van der Waals surface area (Å²) in [5.74, 6) is 1.91. The van der Waals surface area contributed by atoms with Gasteiger partial charge in [0.15, 0.2) is 5.82 Å². The molecular formula is C15H13N3O. The molecule has 19 heavy (non-hydrogen) atoms. The van der Waals surface area contributed by atoms with Crippen LogP contribution in [0.2, 0.25) is 0 Å². The molecule has 0 amide bonds. The highest BCUT2D eigenvalue weighted by atomic mass is 16.5. The average molecular weight is 251 g/mol. The van der Waals surface area contributed by atoms with Crippen molar-refractivity contribution in [3.63, 3.8) is 0 Å². The van der Waals surface area contributed by atoms with Gasteiger partial charge in [-0.15, -0.1) is 0 Å². The first-order valence-corrected chi connectivity index (χ1v) is 6.51. The first-order chi connectivity index (χ1) is 9.33. The molecule has 1 aromatic carbocycles. The summed E-state index contributed by atoms with van der Waals surface area (Å²) in [6.07, 6.45) is 4.14. The van der Waals surface area contributed by atoms with Gasteiger partial charge in [0.2, 0.25) is 0 Å². The second kappa shape index (κ2) is 3.88. The van der Waals surface area contributed by atoms with Crippen molar-refractivity contribution in [2.24, 2.45) is 0 Å². The fraction of sp³-hybridized carbons (Fsp3) is 0.267. The molecule has 2 heterocycles. The van der Waals surface area contributed by atoms with Crippen molar-refractivity contribution in [1.29, 1.82) is 0 Å². The number of aromatic nitrogens is 3. The van der Waals surface area contributed by atoms with E-state index in [-0.39, 0.29) is 0 Å². The molecule has 1 saturated carbocycles. The van der Waals surface area contributed by atoms with Gasteiger partial charge in [-0.1, -0.05) is 17.3 Å². The van der Waals surface area contributed by atoms with Crippen molar-refractivity contribution in [2.45, 2.75) is 25.7 Å². The maximum Gasteiger partial charge on any atom is 0.260 e. The van der Waals surface area contributed by atoms with Crippen LogP contribution in [0.4, 0.5) is 0 Å². The number of hydrogen-bond donors (Lipinski definition) is 0. The summed E-state index contributed by atoms with van der Waals surface area (Å²) in [6.45, 7) is 2.08. The Hall–Kier alpha value is -2.23. The van der Waals surface area contributed by atoms with Gasteiger partial charge >= 0.3 is 0 Å². The summed E-state index contributed by atoms with van der Waals surface area (Å²) in [4.78, 5) is 8.96. The highest BCUT2D eigenvalue weighted by Gasteiger charge is 2.29. The van der Waals surface area contributed by atoms with Crippen molar-refractivity contribution in [3.8, 4) is 11.5 Å². The summed E-state index contributed by atoms with van der Waals surface area (Å²) in [5, 5.41) is 5.20. The molecule has 0 radical (unpaired) electrons. The summed E-state index contributed by atoms with van der Waals surface area (Å²) < 4.78 is 5.40. The minimum atomic E-state index is 0.502. The zero-order chi connectivity index (χ0) is 12.8. The van der Waals surface area contributed by atoms with Gasteiger partial charge in [-0.05, 0) is 37.5 Å². The van der Waals surface area contributed by atoms with Crippen LogP contribution in [0, 0.1) is 6.92 Å². The molecule has 0 saturated heterocycles. The van der Waals surface area contributed by atoms with Crippen molar-refractivity contribution in [2.75, 3.05) is 0 Å². The Balaban J connectivity index is 1.91. The standard InChI is InChI=1S/C15H13N3O/c1-9-4-7-12(13-11(9)3-2-8-16-13)15-17-14(18-19-15)10-5-6-10/h2-4,7-8,10H,5-6H2,1H3. The maximum atomic E-state index is 5.40. The molecule has 4 nitrogen and oxygen atoms in total. The van der Waals surface area contributed by atoms with E-state index < -0.39 is 0 Å². The van der Waals surface area contributed by atoms with E-state index in [1.165, 1.54) is 18.4 Å². The van der Waals surface area contributed by atoms with Gasteiger partial charge in [0.05, 0.1) is 11.1 Å². The fourth-order valence-electron chi connectivity index (χ4n) is 2.34. The molecule has 1 aliphatic carbocycles. The van der Waals surface area contributed by atoms with E-state index in [1.807, 2.05) is 12.1 Å². The van der Waals surface area contributed by atoms with Crippen LogP contribution in [-0.2, 0) is 0 Å². The molecule has 4 rings (SSSR count). The fourth-order valence-corrected chi connectivity index (χ4v) is 2.34. The topological polar surface area (TPSA) is 51.8 Å². The third-order valence-electron chi connectivity index (χ3n) is 3.60. The zero-order valence-electron chi connectivity index (χ0n) is 10.6. The molecule has 0 unspecified atom stereocenters. The molecule has 94 valence electrons. The van der Waals surface area contributed by atoms with Gasteiger partial charge in [0.1, 0.15) is 0 Å². The van der Waals surface area contributed by atoms with Crippen LogP contribution in [0.25, 0.3) is 22.4 Å². The number of nitrogens with zero attached hydrogens (tertiary/aromatic N) is 3. The minimum absolute atomic E-state index is 0.502. The Labute approximate surface area is 110 Å². The van der Waals surface area contributed by atoms with Crippen molar-refractivity contribution in [3.05, 3.63) is 41.9 Å². The Morgan fingerprint density at radius 2 is 2.11 bits per heavy atom. The van der Waals surface area contributed by atoms with Crippen molar-refractivity contribution < 1.29 is 4.52 Å². The monoisotopic (exact) mass is 251 g/mol. The highest BCUT2D eigenvalue weighted by molar-refractivity contribution is 5.93. The van der Waals surface area contributed by atoms with Crippen LogP contribution < -0.4 is 0 Å². The zero-order valence-corrected chi connectivity index (χ0v) is 10.6. The molecule has 4 heteroatoms. The number of aryl methyl sites for hydroxylation is 1. The largest absolute Gasteiger partial charge is 0.334 e. The number of hydrogen-bond acceptors (Lipinski definition) is 4. The Morgan fingerprint density at radius 1 is 1.21 bits per heavy atom. The predicted octanol–water partition coefficient (Wildman–Crippen LogP) is 3.47. The van der Waals surface area contributed by atoms with E-state index in [4.69, 9.17) is 4.52 Å². The molecule has 0 bridgehead atoms. The highest BCUT2D eigenvalue weighted by Crippen LogP contribution is 2.39. The van der Waals surface area contributed by atoms with Crippen LogP contribution >= 0.6 is 0 Å². The molecule has 0 aliphatic heterocycles. The van der Waals surface area contributed by atoms with Crippen LogP contribution in [0.1, 0.15) is 30.1 Å². The normalized spacial score (nSPS) is 15.0. The molecule has 2 aromatic heterocycles. The van der Waals surface area contributed by atoms with E-state index in [1.54, 1.807) is 6.20 Å². The van der Waals surface area contributed by atoms with Crippen LogP contribution in [0.3, 0.4) is 0 Å². The minimum Gasteiger partial charge on any atom is -0.334 e. The van der Waals surface area contributed by atoms with Crippen LogP contribution in [0.15, 0.2) is 35.0 Å². The van der Waals surface area contributed by atoms with Gasteiger partial charge in [-0.3, -0.25) is 4.98 Å². The van der Waals surface area contributed by atoms with Crippen LogP contribution in [-0.4, -0.2) is 15.1 Å². The van der Waals surface area contributed by atoms with Gasteiger partial charge in [0, 0.05) is 17.5 Å². The van der Waals surface area contributed by atoms with Gasteiger partial charge < -0.3 is 4.52 Å². The van der Waals surface area contributed by atoms with Crippen LogP contribution in [0.5, 0.6) is 0 Å². The number of benzene rings is 1. The molecule has 1 fully saturated rings. The molecule has 1 aliphatic rings. The van der Waals surface area contributed by atoms with Gasteiger partial charge in [-0.25, -0.2) is 0 Å². The summed E-state index contributed by atoms with van der Waals surface area (Å²) in [6, 6.07) is 8.09. The quantitative estimate of drug-likeness (QED) is 0.699. The molecule has 0 spiro atoms. The maximum absolute atomic E-state index is 5.40. The smallest absolute Gasteiger partial charge is 0.260 e. The van der Waals surface area contributed by atoms with E-state index in [2.05, 4.69) is 34.2 Å². The summed E-state index contributed by atoms with van der Waals surface area (Å²) in [7, 11) is 0. The molecule has 0 atom stereocenters. The van der Waals surface area contributed by atoms with E-state index in [0.29, 0.717) is 11.8 Å². The lowest BCUT2D eigenvalue weighted by atomic mass is 10.0. The third-order valence-corrected chi connectivity index (χ3v) is 3.60. The first kappa shape index (κ1) is 10.7. The lowest BCUT2D eigenvalue weighted by molar-refractivity contribution is 0.423. The number of fused-ring (bicyclic) bond motifs is 1. The number of pyridine rings is 1. The number of rotatable bonds is 2. The SMILES string of the molecule is Cc1ccc(-c2nc(C3CC3)no2)c2ncccc12. The predicted molar refractivity (Wildman–Crippen MR) is 71.7 cm³/mol. The van der Waals surface area contributed by atoms with Crippen molar-refractivity contribution >= 4 is 10.9 Å². The van der Waals surface area contributed by atoms with E-state index in [9.17, 15) is 0 Å².